The first kappa shape index (κ1) is 32.5. The first-order valence-corrected chi connectivity index (χ1v) is 17.0. The Hall–Kier alpha value is -3.41. The molecule has 0 aliphatic rings. The molecule has 3 N–H and O–H groups in total. The maximum Gasteiger partial charge on any atom is 0.220 e. The van der Waals surface area contributed by atoms with Crippen molar-refractivity contribution >= 4 is 33.7 Å². The van der Waals surface area contributed by atoms with E-state index < -0.39 is 0 Å². The Morgan fingerprint density at radius 1 is 0.744 bits per heavy atom. The lowest BCUT2D eigenvalue weighted by molar-refractivity contribution is -0.121. The molecule has 2 aromatic carbocycles. The van der Waals surface area contributed by atoms with Crippen LogP contribution in [-0.4, -0.2) is 20.4 Å². The molecule has 0 bridgehead atoms. The Kier molecular flexibility index (Phi) is 13.3. The zero-order valence-electron chi connectivity index (χ0n) is 26.7. The quantitative estimate of drug-likeness (QED) is 0.102. The van der Waals surface area contributed by atoms with Crippen molar-refractivity contribution in [2.75, 3.05) is 5.73 Å². The number of nitrogen functional groups attached to an aromatic ring is 1. The molecule has 232 valence electrons. The third-order valence-electron chi connectivity index (χ3n) is 8.55. The molecule has 0 aliphatic heterocycles. The molecule has 4 aromatic rings. The van der Waals surface area contributed by atoms with E-state index in [1.165, 1.54) is 69.8 Å². The molecule has 0 saturated heterocycles. The average Bonchev–Trinajstić information content (AvgIpc) is 3.39. The number of nitrogens with one attached hydrogen (secondary N) is 1. The normalized spacial score (nSPS) is 11.5. The molecule has 0 aliphatic carbocycles. The second kappa shape index (κ2) is 17.6. The Bertz CT molecular complexity index is 1410. The van der Waals surface area contributed by atoms with Gasteiger partial charge in [0.05, 0.1) is 11.0 Å². The van der Waals surface area contributed by atoms with Gasteiger partial charge in [-0.2, -0.15) is 0 Å². The molecular formula is C37H53N5O. The highest BCUT2D eigenvalue weighted by Crippen LogP contribution is 2.30. The highest BCUT2D eigenvalue weighted by Gasteiger charge is 2.17. The average molecular weight is 584 g/mol. The molecular weight excluding hydrogens is 530 g/mol. The molecule has 6 nitrogen and oxygen atoms in total. The predicted molar refractivity (Wildman–Crippen MR) is 181 cm³/mol. The van der Waals surface area contributed by atoms with E-state index in [4.69, 9.17) is 10.7 Å². The first-order chi connectivity index (χ1) is 21.1. The van der Waals surface area contributed by atoms with Crippen LogP contribution in [0, 0.1) is 0 Å². The number of para-hydroxylation sites is 1. The molecule has 0 unspecified atom stereocenters. The fraction of sp³-hybridized carbons (Fsp3) is 0.541. The van der Waals surface area contributed by atoms with Crippen LogP contribution >= 0.6 is 0 Å². The Balaban J connectivity index is 1.23. The van der Waals surface area contributed by atoms with E-state index in [9.17, 15) is 4.79 Å². The zero-order chi connectivity index (χ0) is 30.3. The van der Waals surface area contributed by atoms with Crippen LogP contribution in [0.1, 0.15) is 127 Å². The number of hydrogen-bond acceptors (Lipinski definition) is 4. The lowest BCUT2D eigenvalue weighted by atomic mass is 10.0. The van der Waals surface area contributed by atoms with Gasteiger partial charge in [-0.1, -0.05) is 133 Å². The summed E-state index contributed by atoms with van der Waals surface area (Å²) in [7, 11) is 0. The molecule has 1 amide bonds. The number of pyridine rings is 1. The SMILES string of the molecule is CCCCCCCCCCCCCCC(=O)NCc1ccc(Cn2c(CCCC)nc3c(N)nc4ccccc4c32)cc1. The summed E-state index contributed by atoms with van der Waals surface area (Å²) in [5, 5.41) is 4.19. The molecule has 0 atom stereocenters. The van der Waals surface area contributed by atoms with E-state index in [0.29, 0.717) is 25.3 Å². The number of fused-ring (bicyclic) bond motifs is 3. The van der Waals surface area contributed by atoms with Crippen molar-refractivity contribution in [3.05, 3.63) is 65.5 Å². The summed E-state index contributed by atoms with van der Waals surface area (Å²) in [6, 6.07) is 16.7. The molecule has 0 spiro atoms. The number of hydrogen-bond donors (Lipinski definition) is 2. The van der Waals surface area contributed by atoms with Crippen molar-refractivity contribution in [3.63, 3.8) is 0 Å². The maximum absolute atomic E-state index is 12.4. The molecule has 0 saturated carbocycles. The van der Waals surface area contributed by atoms with Crippen LogP contribution in [0.2, 0.25) is 0 Å². The van der Waals surface area contributed by atoms with E-state index in [2.05, 4.69) is 59.0 Å². The number of nitrogens with zero attached hydrogens (tertiary/aromatic N) is 3. The van der Waals surface area contributed by atoms with Gasteiger partial charge in [0, 0.05) is 31.3 Å². The second-order valence-electron chi connectivity index (χ2n) is 12.2. The number of carbonyl (C=O) groups excluding carboxylic acids is 1. The monoisotopic (exact) mass is 583 g/mol. The van der Waals surface area contributed by atoms with Gasteiger partial charge >= 0.3 is 0 Å². The number of aromatic nitrogens is 3. The lowest BCUT2D eigenvalue weighted by Crippen LogP contribution is -2.22. The number of anilines is 1. The highest BCUT2D eigenvalue weighted by molar-refractivity contribution is 6.06. The summed E-state index contributed by atoms with van der Waals surface area (Å²) in [6.07, 6.45) is 19.4. The van der Waals surface area contributed by atoms with Gasteiger partial charge in [0.25, 0.3) is 0 Å². The van der Waals surface area contributed by atoms with E-state index in [1.54, 1.807) is 0 Å². The van der Waals surface area contributed by atoms with Crippen LogP contribution in [0.4, 0.5) is 5.82 Å². The van der Waals surface area contributed by atoms with Gasteiger partial charge in [0.2, 0.25) is 5.91 Å². The van der Waals surface area contributed by atoms with Crippen LogP contribution < -0.4 is 11.1 Å². The van der Waals surface area contributed by atoms with Crippen LogP contribution in [0.25, 0.3) is 21.9 Å². The van der Waals surface area contributed by atoms with Crippen molar-refractivity contribution in [2.24, 2.45) is 0 Å². The maximum atomic E-state index is 12.4. The summed E-state index contributed by atoms with van der Waals surface area (Å²) in [4.78, 5) is 22.0. The number of carbonyl (C=O) groups is 1. The largest absolute Gasteiger partial charge is 0.382 e. The number of unbranched alkanes of at least 4 members (excludes halogenated alkanes) is 12. The second-order valence-corrected chi connectivity index (χ2v) is 12.2. The van der Waals surface area contributed by atoms with E-state index in [1.807, 2.05) is 18.2 Å². The van der Waals surface area contributed by atoms with Crippen molar-refractivity contribution in [1.29, 1.82) is 0 Å². The zero-order valence-corrected chi connectivity index (χ0v) is 26.7. The van der Waals surface area contributed by atoms with E-state index in [0.717, 1.165) is 65.4 Å². The van der Waals surface area contributed by atoms with Crippen molar-refractivity contribution in [1.82, 2.24) is 19.9 Å². The fourth-order valence-electron chi connectivity index (χ4n) is 5.96. The summed E-state index contributed by atoms with van der Waals surface area (Å²) < 4.78 is 2.32. The van der Waals surface area contributed by atoms with Gasteiger partial charge < -0.3 is 15.6 Å². The Labute approximate surface area is 258 Å². The fourth-order valence-corrected chi connectivity index (χ4v) is 5.96. The number of imidazole rings is 1. The van der Waals surface area contributed by atoms with Crippen LogP contribution in [0.3, 0.4) is 0 Å². The van der Waals surface area contributed by atoms with Gasteiger partial charge in [-0.3, -0.25) is 4.79 Å². The molecule has 2 heterocycles. The molecule has 0 fully saturated rings. The third-order valence-corrected chi connectivity index (χ3v) is 8.55. The number of benzene rings is 2. The van der Waals surface area contributed by atoms with Gasteiger partial charge in [-0.05, 0) is 30.0 Å². The number of rotatable bonds is 20. The molecule has 4 rings (SSSR count). The van der Waals surface area contributed by atoms with E-state index >= 15 is 0 Å². The van der Waals surface area contributed by atoms with Gasteiger partial charge in [-0.15, -0.1) is 0 Å². The third kappa shape index (κ3) is 9.80. The minimum absolute atomic E-state index is 0.152. The first-order valence-electron chi connectivity index (χ1n) is 17.0. The number of aryl methyl sites for hydroxylation is 1. The summed E-state index contributed by atoms with van der Waals surface area (Å²) >= 11 is 0. The highest BCUT2D eigenvalue weighted by atomic mass is 16.1. The lowest BCUT2D eigenvalue weighted by Gasteiger charge is -2.12. The van der Waals surface area contributed by atoms with Gasteiger partial charge in [0.1, 0.15) is 11.3 Å². The summed E-state index contributed by atoms with van der Waals surface area (Å²) in [5.41, 5.74) is 11.4. The molecule has 2 aromatic heterocycles. The van der Waals surface area contributed by atoms with Gasteiger partial charge in [-0.25, -0.2) is 9.97 Å². The van der Waals surface area contributed by atoms with E-state index in [-0.39, 0.29) is 5.91 Å². The summed E-state index contributed by atoms with van der Waals surface area (Å²) in [5.74, 6) is 1.69. The number of amides is 1. The van der Waals surface area contributed by atoms with Crippen molar-refractivity contribution in [3.8, 4) is 0 Å². The minimum Gasteiger partial charge on any atom is -0.382 e. The molecule has 0 radical (unpaired) electrons. The summed E-state index contributed by atoms with van der Waals surface area (Å²) in [6.45, 7) is 5.76. The van der Waals surface area contributed by atoms with Crippen LogP contribution in [-0.2, 0) is 24.3 Å². The smallest absolute Gasteiger partial charge is 0.220 e. The van der Waals surface area contributed by atoms with Crippen LogP contribution in [0.5, 0.6) is 0 Å². The molecule has 6 heteroatoms. The Morgan fingerprint density at radius 3 is 2.02 bits per heavy atom. The van der Waals surface area contributed by atoms with Crippen LogP contribution in [0.15, 0.2) is 48.5 Å². The minimum atomic E-state index is 0.152. The predicted octanol–water partition coefficient (Wildman–Crippen LogP) is 9.27. The van der Waals surface area contributed by atoms with Gasteiger partial charge in [0.15, 0.2) is 5.82 Å². The standard InChI is InChI=1S/C37H53N5O/c1-3-5-7-8-9-10-11-12-13-14-15-16-22-34(43)39-27-29-23-25-30(26-24-29)28-42-33(21-6-4-2)41-35-36(42)31-19-17-18-20-32(31)40-37(35)38/h17-20,23-26H,3-16,21-22,27-28H2,1-2H3,(H2,38,40)(H,39,43). The van der Waals surface area contributed by atoms with Crippen molar-refractivity contribution < 1.29 is 4.79 Å². The Morgan fingerprint density at radius 2 is 1.35 bits per heavy atom. The van der Waals surface area contributed by atoms with Crippen molar-refractivity contribution in [2.45, 2.75) is 130 Å². The molecule has 43 heavy (non-hydrogen) atoms. The topological polar surface area (TPSA) is 85.8 Å². The number of nitrogens with two attached hydrogens (primary N) is 1.